The molecule has 33 heavy (non-hydrogen) atoms. The van der Waals surface area contributed by atoms with Gasteiger partial charge in [-0.15, -0.1) is 0 Å². The van der Waals surface area contributed by atoms with Crippen molar-refractivity contribution in [3.8, 4) is 5.88 Å². The van der Waals surface area contributed by atoms with Crippen LogP contribution in [0, 0.1) is 0 Å². The largest absolute Gasteiger partial charge is 0.494 e. The van der Waals surface area contributed by atoms with Crippen LogP contribution in [0.2, 0.25) is 0 Å². The summed E-state index contributed by atoms with van der Waals surface area (Å²) in [6.07, 6.45) is 2.67. The van der Waals surface area contributed by atoms with Gasteiger partial charge in [-0.25, -0.2) is 0 Å². The number of H-pyrrole nitrogens is 1. The van der Waals surface area contributed by atoms with Crippen molar-refractivity contribution in [2.45, 2.75) is 44.2 Å². The Hall–Kier alpha value is -3.48. The number of benzene rings is 3. The number of hydrogen-bond donors (Lipinski definition) is 3. The molecule has 2 aliphatic heterocycles. The van der Waals surface area contributed by atoms with E-state index in [0.29, 0.717) is 12.8 Å². The van der Waals surface area contributed by atoms with Crippen molar-refractivity contribution in [1.29, 1.82) is 0 Å². The van der Waals surface area contributed by atoms with Crippen molar-refractivity contribution in [3.63, 3.8) is 0 Å². The van der Waals surface area contributed by atoms with Gasteiger partial charge in [0.15, 0.2) is 11.6 Å². The number of nitrogens with zero attached hydrogens (tertiary/aromatic N) is 2. The molecule has 3 N–H and O–H groups in total. The molecule has 0 saturated carbocycles. The number of ether oxygens (including phenoxy) is 1. The minimum atomic E-state index is -1.03. The number of nitrogens with one attached hydrogen (secondary N) is 1. The maximum Gasteiger partial charge on any atom is 0.197 e. The Morgan fingerprint density at radius 2 is 1.67 bits per heavy atom. The average molecular weight is 437 g/mol. The van der Waals surface area contributed by atoms with Crippen LogP contribution in [0.4, 0.5) is 0 Å². The van der Waals surface area contributed by atoms with E-state index in [2.05, 4.69) is 38.4 Å². The zero-order valence-corrected chi connectivity index (χ0v) is 18.4. The van der Waals surface area contributed by atoms with Gasteiger partial charge in [0.05, 0.1) is 27.5 Å². The molecule has 0 aliphatic carbocycles. The predicted molar refractivity (Wildman–Crippen MR) is 130 cm³/mol. The molecule has 0 radical (unpaired) electrons. The fourth-order valence-electron chi connectivity index (χ4n) is 6.86. The summed E-state index contributed by atoms with van der Waals surface area (Å²) >= 11 is 0. The number of fused-ring (bicyclic) bond motifs is 13. The fourth-order valence-corrected chi connectivity index (χ4v) is 6.86. The highest BCUT2D eigenvalue weighted by Gasteiger charge is 2.59. The third kappa shape index (κ3) is 1.74. The topological polar surface area (TPSA) is 75.3 Å². The second-order valence-electron chi connectivity index (χ2n) is 9.76. The van der Waals surface area contributed by atoms with Crippen LogP contribution < -0.4 is 0 Å². The molecule has 5 heterocycles. The summed E-state index contributed by atoms with van der Waals surface area (Å²) in [5, 5.41) is 29.0. The molecule has 3 aromatic heterocycles. The molecule has 1 saturated heterocycles. The van der Waals surface area contributed by atoms with Gasteiger partial charge in [0.2, 0.25) is 0 Å². The van der Waals surface area contributed by atoms with Gasteiger partial charge in [0, 0.05) is 39.5 Å². The molecule has 164 valence electrons. The molecule has 1 fully saturated rings. The molecule has 6 nitrogen and oxygen atoms in total. The van der Waals surface area contributed by atoms with Crippen LogP contribution in [0.3, 0.4) is 0 Å². The van der Waals surface area contributed by atoms with E-state index in [-0.39, 0.29) is 12.1 Å². The first kappa shape index (κ1) is 18.0. The molecule has 6 aromatic rings. The molecule has 2 bridgehead atoms. The van der Waals surface area contributed by atoms with Gasteiger partial charge in [0.25, 0.3) is 0 Å². The van der Waals surface area contributed by atoms with Crippen LogP contribution in [0.15, 0.2) is 54.7 Å². The van der Waals surface area contributed by atoms with Crippen molar-refractivity contribution in [1.82, 2.24) is 14.1 Å². The minimum absolute atomic E-state index is 0.179. The fraction of sp³-hybridized carbons (Fsp3) is 0.259. The molecule has 0 unspecified atom stereocenters. The molecule has 2 aliphatic rings. The predicted octanol–water partition coefficient (Wildman–Crippen LogP) is 5.84. The monoisotopic (exact) mass is 437 g/mol. The van der Waals surface area contributed by atoms with E-state index >= 15 is 0 Å². The van der Waals surface area contributed by atoms with Crippen LogP contribution in [0.5, 0.6) is 5.88 Å². The summed E-state index contributed by atoms with van der Waals surface area (Å²) < 4.78 is 11.3. The molecular formula is C27H23N3O3. The van der Waals surface area contributed by atoms with Crippen molar-refractivity contribution in [2.24, 2.45) is 0 Å². The first-order valence-electron chi connectivity index (χ1n) is 11.6. The Balaban J connectivity index is 1.81. The van der Waals surface area contributed by atoms with Crippen molar-refractivity contribution >= 4 is 54.4 Å². The van der Waals surface area contributed by atoms with Crippen molar-refractivity contribution in [3.05, 3.63) is 54.7 Å². The summed E-state index contributed by atoms with van der Waals surface area (Å²) in [5.74, 6) is 0.179. The maximum atomic E-state index is 12.0. The van der Waals surface area contributed by atoms with Gasteiger partial charge >= 0.3 is 0 Å². The summed E-state index contributed by atoms with van der Waals surface area (Å²) in [6.45, 7) is 4.06. The number of aromatic amines is 1. The molecule has 3 aromatic carbocycles. The van der Waals surface area contributed by atoms with E-state index in [1.807, 2.05) is 44.3 Å². The van der Waals surface area contributed by atoms with Crippen LogP contribution in [-0.2, 0) is 10.5 Å². The normalized spacial score (nSPS) is 26.6. The zero-order valence-electron chi connectivity index (χ0n) is 18.4. The van der Waals surface area contributed by atoms with E-state index < -0.39 is 11.3 Å². The number of rotatable bonds is 1. The third-order valence-corrected chi connectivity index (χ3v) is 8.43. The first-order chi connectivity index (χ1) is 16.0. The summed E-state index contributed by atoms with van der Waals surface area (Å²) in [6, 6.07) is 16.6. The van der Waals surface area contributed by atoms with Gasteiger partial charge in [-0.2, -0.15) is 0 Å². The highest BCUT2D eigenvalue weighted by molar-refractivity contribution is 6.37. The molecule has 3 atom stereocenters. The summed E-state index contributed by atoms with van der Waals surface area (Å²) in [7, 11) is 0. The van der Waals surface area contributed by atoms with Crippen LogP contribution in [0.25, 0.3) is 54.4 Å². The number of aromatic nitrogens is 3. The van der Waals surface area contributed by atoms with Gasteiger partial charge in [-0.3, -0.25) is 0 Å². The lowest BCUT2D eigenvalue weighted by Gasteiger charge is -2.39. The van der Waals surface area contributed by atoms with E-state index in [0.717, 1.165) is 54.4 Å². The number of aromatic hydroxyl groups is 1. The second-order valence-corrected chi connectivity index (χ2v) is 9.76. The summed E-state index contributed by atoms with van der Waals surface area (Å²) in [4.78, 5) is 3.08. The lowest BCUT2D eigenvalue weighted by Crippen LogP contribution is -2.50. The molecule has 0 spiro atoms. The van der Waals surface area contributed by atoms with E-state index in [9.17, 15) is 10.2 Å². The van der Waals surface area contributed by atoms with Crippen LogP contribution >= 0.6 is 0 Å². The molecule has 8 rings (SSSR count). The van der Waals surface area contributed by atoms with Gasteiger partial charge in [-0.1, -0.05) is 43.3 Å². The summed E-state index contributed by atoms with van der Waals surface area (Å²) in [5.41, 5.74) is 2.20. The highest BCUT2D eigenvalue weighted by Crippen LogP contribution is 2.58. The lowest BCUT2D eigenvalue weighted by atomic mass is 9.86. The maximum absolute atomic E-state index is 12.0. The van der Waals surface area contributed by atoms with Gasteiger partial charge < -0.3 is 29.1 Å². The molecule has 6 heteroatoms. The third-order valence-electron chi connectivity index (χ3n) is 8.43. The van der Waals surface area contributed by atoms with Crippen molar-refractivity contribution < 1.29 is 14.9 Å². The van der Waals surface area contributed by atoms with Crippen molar-refractivity contribution in [2.75, 3.05) is 0 Å². The second kappa shape index (κ2) is 5.35. The zero-order chi connectivity index (χ0) is 22.3. The Labute approximate surface area is 188 Å². The van der Waals surface area contributed by atoms with E-state index in [1.54, 1.807) is 0 Å². The number of para-hydroxylation sites is 2. The average Bonchev–Trinajstić information content (AvgIpc) is 3.51. The van der Waals surface area contributed by atoms with Gasteiger partial charge in [0.1, 0.15) is 11.8 Å². The Kier molecular flexibility index (Phi) is 2.92. The lowest BCUT2D eigenvalue weighted by molar-refractivity contribution is -0.178. The SMILES string of the molecule is CC[C@@]1(O)C[C@H]2O[C@]1(C)n1c3ccccc3c3c4c[nH]c(O)c4c4c5ccccc5n2c4c31. The number of hydrogen-bond acceptors (Lipinski definition) is 3. The van der Waals surface area contributed by atoms with E-state index in [1.165, 1.54) is 0 Å². The first-order valence-corrected chi connectivity index (χ1v) is 11.6. The van der Waals surface area contributed by atoms with E-state index in [4.69, 9.17) is 4.74 Å². The quantitative estimate of drug-likeness (QED) is 0.303. The Bertz CT molecular complexity index is 1820. The molecule has 0 amide bonds. The van der Waals surface area contributed by atoms with Crippen LogP contribution in [0.1, 0.15) is 32.9 Å². The van der Waals surface area contributed by atoms with Crippen LogP contribution in [-0.4, -0.2) is 29.9 Å². The highest BCUT2D eigenvalue weighted by atomic mass is 16.6. The smallest absolute Gasteiger partial charge is 0.197 e. The minimum Gasteiger partial charge on any atom is -0.494 e. The molecular weight excluding hydrogens is 414 g/mol. The Morgan fingerprint density at radius 3 is 2.42 bits per heavy atom. The van der Waals surface area contributed by atoms with Gasteiger partial charge in [-0.05, 0) is 25.5 Å². The standard InChI is InChI=1S/C27H23N3O3/c1-3-27(32)12-19-29-17-10-6-4-8-14(17)21-22-16(13-28-25(22)31)20-15-9-5-7-11-18(15)30(24(20)23(21)29)26(27,2)33-19/h4-11,13,19,28,31-32H,3,12H2,1-2H3/t19-,26+,27-/m1/s1. The Morgan fingerprint density at radius 1 is 0.970 bits per heavy atom. The number of aliphatic hydroxyl groups is 1.